The Morgan fingerprint density at radius 3 is 2.78 bits per heavy atom. The zero-order valence-corrected chi connectivity index (χ0v) is 11.6. The van der Waals surface area contributed by atoms with E-state index in [9.17, 15) is 0 Å². The van der Waals surface area contributed by atoms with Crippen LogP contribution in [0.1, 0.15) is 38.8 Å². The minimum Gasteiger partial charge on any atom is -0.329 e. The second-order valence-electron chi connectivity index (χ2n) is 5.43. The summed E-state index contributed by atoms with van der Waals surface area (Å²) in [6.07, 6.45) is 5.89. The molecule has 0 spiro atoms. The summed E-state index contributed by atoms with van der Waals surface area (Å²) < 4.78 is 1.83. The van der Waals surface area contributed by atoms with Gasteiger partial charge in [-0.1, -0.05) is 19.1 Å². The number of hydrogen-bond acceptors (Lipinski definition) is 4. The molecule has 0 saturated carbocycles. The molecule has 5 nitrogen and oxygen atoms in total. The van der Waals surface area contributed by atoms with Crippen LogP contribution in [0.25, 0.3) is 0 Å². The van der Waals surface area contributed by atoms with Crippen molar-refractivity contribution in [3.63, 3.8) is 0 Å². The third kappa shape index (κ3) is 2.90. The second-order valence-corrected chi connectivity index (χ2v) is 5.43. The molecule has 2 heterocycles. The van der Waals surface area contributed by atoms with Crippen molar-refractivity contribution in [3.8, 4) is 0 Å². The fraction of sp³-hybridized carbons (Fsp3) is 0.846. The number of nitrogens with two attached hydrogens (primary N) is 1. The maximum Gasteiger partial charge on any atom is 0.0967 e. The van der Waals surface area contributed by atoms with E-state index in [2.05, 4.69) is 29.1 Å². The maximum absolute atomic E-state index is 5.51. The van der Waals surface area contributed by atoms with E-state index in [1.54, 1.807) is 0 Å². The standard InChI is InChI=1S/C13H25N5/c1-3-13(4-2)5-7-17(11-13)9-12-10-18(8-6-14)16-15-12/h10H,3-9,11,14H2,1-2H3. The highest BCUT2D eigenvalue weighted by Gasteiger charge is 2.34. The predicted octanol–water partition coefficient (Wildman–Crippen LogP) is 1.25. The highest BCUT2D eigenvalue weighted by atomic mass is 15.4. The molecule has 1 aliphatic heterocycles. The van der Waals surface area contributed by atoms with Gasteiger partial charge in [0.2, 0.25) is 0 Å². The zero-order valence-electron chi connectivity index (χ0n) is 11.6. The van der Waals surface area contributed by atoms with Gasteiger partial charge in [-0.05, 0) is 31.2 Å². The van der Waals surface area contributed by atoms with Crippen molar-refractivity contribution >= 4 is 0 Å². The number of rotatable bonds is 6. The molecule has 2 rings (SSSR count). The number of nitrogens with zero attached hydrogens (tertiary/aromatic N) is 4. The average molecular weight is 251 g/mol. The van der Waals surface area contributed by atoms with Crippen molar-refractivity contribution in [1.82, 2.24) is 19.9 Å². The lowest BCUT2D eigenvalue weighted by Gasteiger charge is -2.26. The van der Waals surface area contributed by atoms with Crippen molar-refractivity contribution in [3.05, 3.63) is 11.9 Å². The number of likely N-dealkylation sites (tertiary alicyclic amines) is 1. The first-order valence-corrected chi connectivity index (χ1v) is 7.03. The van der Waals surface area contributed by atoms with Gasteiger partial charge in [0.15, 0.2) is 0 Å². The molecule has 0 unspecified atom stereocenters. The first kappa shape index (κ1) is 13.5. The van der Waals surface area contributed by atoms with Crippen LogP contribution in [0.15, 0.2) is 6.20 Å². The van der Waals surface area contributed by atoms with Gasteiger partial charge in [0.25, 0.3) is 0 Å². The molecule has 5 heteroatoms. The minimum absolute atomic E-state index is 0.535. The van der Waals surface area contributed by atoms with E-state index in [0.29, 0.717) is 12.0 Å². The Balaban J connectivity index is 1.90. The van der Waals surface area contributed by atoms with Gasteiger partial charge in [0, 0.05) is 25.8 Å². The smallest absolute Gasteiger partial charge is 0.0967 e. The summed E-state index contributed by atoms with van der Waals surface area (Å²) in [6.45, 7) is 9.29. The second kappa shape index (κ2) is 5.80. The van der Waals surface area contributed by atoms with E-state index in [1.807, 2.05) is 10.9 Å². The van der Waals surface area contributed by atoms with E-state index < -0.39 is 0 Å². The van der Waals surface area contributed by atoms with Crippen molar-refractivity contribution in [1.29, 1.82) is 0 Å². The van der Waals surface area contributed by atoms with E-state index in [-0.39, 0.29) is 0 Å². The summed E-state index contributed by atoms with van der Waals surface area (Å²) >= 11 is 0. The van der Waals surface area contributed by atoms with Crippen LogP contribution in [0.3, 0.4) is 0 Å². The first-order valence-electron chi connectivity index (χ1n) is 7.03. The highest BCUT2D eigenvalue weighted by molar-refractivity contribution is 4.96. The summed E-state index contributed by atoms with van der Waals surface area (Å²) in [7, 11) is 0. The Hall–Kier alpha value is -0.940. The molecule has 2 N–H and O–H groups in total. The Kier molecular flexibility index (Phi) is 4.35. The number of aromatic nitrogens is 3. The summed E-state index contributed by atoms with van der Waals surface area (Å²) in [4.78, 5) is 2.50. The largest absolute Gasteiger partial charge is 0.329 e. The molecule has 0 amide bonds. The van der Waals surface area contributed by atoms with E-state index >= 15 is 0 Å². The van der Waals surface area contributed by atoms with Crippen molar-refractivity contribution < 1.29 is 0 Å². The third-order valence-electron chi connectivity index (χ3n) is 4.35. The average Bonchev–Trinajstić information content (AvgIpc) is 2.98. The molecule has 1 aromatic rings. The molecule has 0 radical (unpaired) electrons. The van der Waals surface area contributed by atoms with Crippen LogP contribution in [0.4, 0.5) is 0 Å². The molecular weight excluding hydrogens is 226 g/mol. The highest BCUT2D eigenvalue weighted by Crippen LogP contribution is 2.37. The van der Waals surface area contributed by atoms with Gasteiger partial charge < -0.3 is 5.73 Å². The molecule has 1 fully saturated rings. The Labute approximate surface area is 109 Å². The Bertz CT molecular complexity index is 369. The number of hydrogen-bond donors (Lipinski definition) is 1. The van der Waals surface area contributed by atoms with E-state index in [4.69, 9.17) is 5.73 Å². The SMILES string of the molecule is CCC1(CC)CCN(Cc2cn(CCN)nn2)C1. The monoisotopic (exact) mass is 251 g/mol. The molecule has 1 aliphatic rings. The quantitative estimate of drug-likeness (QED) is 0.826. The molecule has 18 heavy (non-hydrogen) atoms. The molecule has 1 saturated heterocycles. The molecule has 0 aliphatic carbocycles. The van der Waals surface area contributed by atoms with Crippen molar-refractivity contribution in [2.75, 3.05) is 19.6 Å². The van der Waals surface area contributed by atoms with Crippen molar-refractivity contribution in [2.24, 2.45) is 11.1 Å². The Morgan fingerprint density at radius 1 is 1.39 bits per heavy atom. The van der Waals surface area contributed by atoms with Gasteiger partial charge in [-0.25, -0.2) is 0 Å². The Morgan fingerprint density at radius 2 is 2.17 bits per heavy atom. The lowest BCUT2D eigenvalue weighted by molar-refractivity contribution is 0.235. The zero-order chi connectivity index (χ0) is 13.0. The van der Waals surface area contributed by atoms with E-state index in [0.717, 1.165) is 18.8 Å². The van der Waals surface area contributed by atoms with Gasteiger partial charge >= 0.3 is 0 Å². The summed E-state index contributed by atoms with van der Waals surface area (Å²) in [6, 6.07) is 0. The minimum atomic E-state index is 0.535. The predicted molar refractivity (Wildman–Crippen MR) is 72.0 cm³/mol. The van der Waals surface area contributed by atoms with Crippen LogP contribution >= 0.6 is 0 Å². The summed E-state index contributed by atoms with van der Waals surface area (Å²) in [5, 5.41) is 8.30. The molecule has 1 aromatic heterocycles. The van der Waals surface area contributed by atoms with Crippen molar-refractivity contribution in [2.45, 2.75) is 46.2 Å². The lowest BCUT2D eigenvalue weighted by Crippen LogP contribution is -2.26. The van der Waals surface area contributed by atoms with Gasteiger partial charge in [0.05, 0.1) is 12.2 Å². The molecule has 102 valence electrons. The summed E-state index contributed by atoms with van der Waals surface area (Å²) in [5.74, 6) is 0. The van der Waals surface area contributed by atoms with Crippen LogP contribution in [0, 0.1) is 5.41 Å². The summed E-state index contributed by atoms with van der Waals surface area (Å²) in [5.41, 5.74) is 7.10. The normalized spacial score (nSPS) is 19.5. The van der Waals surface area contributed by atoms with Crippen LogP contribution in [0.5, 0.6) is 0 Å². The van der Waals surface area contributed by atoms with E-state index in [1.165, 1.54) is 32.4 Å². The van der Waals surface area contributed by atoms with Gasteiger partial charge in [-0.3, -0.25) is 9.58 Å². The molecule has 0 atom stereocenters. The fourth-order valence-corrected chi connectivity index (χ4v) is 2.87. The topological polar surface area (TPSA) is 60.0 Å². The van der Waals surface area contributed by atoms with Crippen LogP contribution in [-0.2, 0) is 13.1 Å². The van der Waals surface area contributed by atoms with Gasteiger partial charge in [-0.2, -0.15) is 0 Å². The third-order valence-corrected chi connectivity index (χ3v) is 4.35. The van der Waals surface area contributed by atoms with Gasteiger partial charge in [-0.15, -0.1) is 5.10 Å². The maximum atomic E-state index is 5.51. The van der Waals surface area contributed by atoms with Crippen LogP contribution in [-0.4, -0.2) is 39.5 Å². The van der Waals surface area contributed by atoms with Gasteiger partial charge in [0.1, 0.15) is 0 Å². The first-order chi connectivity index (χ1) is 8.71. The lowest BCUT2D eigenvalue weighted by atomic mass is 9.82. The molecular formula is C13H25N5. The molecule has 0 aromatic carbocycles. The van der Waals surface area contributed by atoms with Crippen LogP contribution in [0.2, 0.25) is 0 Å². The molecule has 0 bridgehead atoms. The van der Waals surface area contributed by atoms with Crippen LogP contribution < -0.4 is 5.73 Å². The fourth-order valence-electron chi connectivity index (χ4n) is 2.87.